The molecule has 1 aromatic heterocycles. The van der Waals surface area contributed by atoms with Crippen LogP contribution in [-0.4, -0.2) is 11.5 Å². The number of hydrogen-bond acceptors (Lipinski definition) is 2. The number of rotatable bonds is 6. The van der Waals surface area contributed by atoms with Gasteiger partial charge in [-0.25, -0.2) is 0 Å². The molecular formula is C16H19ClN2. The van der Waals surface area contributed by atoms with Gasteiger partial charge in [-0.05, 0) is 49.1 Å². The second-order valence-corrected chi connectivity index (χ2v) is 5.78. The van der Waals surface area contributed by atoms with Crippen LogP contribution in [0.15, 0.2) is 30.5 Å². The molecule has 1 aliphatic rings. The lowest BCUT2D eigenvalue weighted by Crippen LogP contribution is -2.15. The van der Waals surface area contributed by atoms with E-state index in [1.54, 1.807) is 0 Å². The van der Waals surface area contributed by atoms with Crippen molar-refractivity contribution in [2.24, 2.45) is 5.92 Å². The predicted octanol–water partition coefficient (Wildman–Crippen LogP) is 4.17. The lowest BCUT2D eigenvalue weighted by Gasteiger charge is -2.08. The first-order valence-electron chi connectivity index (χ1n) is 7.07. The van der Waals surface area contributed by atoms with E-state index in [9.17, 15) is 0 Å². The van der Waals surface area contributed by atoms with Crippen molar-refractivity contribution in [3.05, 3.63) is 41.0 Å². The Morgan fingerprint density at radius 2 is 2.16 bits per heavy atom. The van der Waals surface area contributed by atoms with E-state index in [0.717, 1.165) is 34.9 Å². The van der Waals surface area contributed by atoms with Gasteiger partial charge in [0.05, 0.1) is 5.52 Å². The Bertz CT molecular complexity index is 564. The molecule has 2 nitrogen and oxygen atoms in total. The second-order valence-electron chi connectivity index (χ2n) is 5.37. The van der Waals surface area contributed by atoms with Crippen LogP contribution < -0.4 is 5.32 Å². The minimum Gasteiger partial charge on any atom is -0.313 e. The number of nitrogens with one attached hydrogen (secondary N) is 1. The van der Waals surface area contributed by atoms with E-state index in [-0.39, 0.29) is 0 Å². The van der Waals surface area contributed by atoms with Crippen LogP contribution in [0.5, 0.6) is 0 Å². The molecule has 0 bridgehead atoms. The Labute approximate surface area is 119 Å². The van der Waals surface area contributed by atoms with Crippen LogP contribution in [0, 0.1) is 5.92 Å². The number of nitrogens with zero attached hydrogens (tertiary/aromatic N) is 1. The normalized spacial score (nSPS) is 15.0. The Balaban J connectivity index is 1.61. The van der Waals surface area contributed by atoms with Gasteiger partial charge in [0.15, 0.2) is 0 Å². The van der Waals surface area contributed by atoms with Crippen LogP contribution in [0.4, 0.5) is 0 Å². The summed E-state index contributed by atoms with van der Waals surface area (Å²) in [5.41, 5.74) is 2.25. The Morgan fingerprint density at radius 3 is 3.00 bits per heavy atom. The summed E-state index contributed by atoms with van der Waals surface area (Å²) in [7, 11) is 0. The molecule has 0 unspecified atom stereocenters. The van der Waals surface area contributed by atoms with E-state index in [0.29, 0.717) is 0 Å². The van der Waals surface area contributed by atoms with Crippen molar-refractivity contribution in [1.82, 2.24) is 10.3 Å². The molecule has 1 fully saturated rings. The van der Waals surface area contributed by atoms with Gasteiger partial charge in [0.25, 0.3) is 0 Å². The maximum Gasteiger partial charge on any atom is 0.0761 e. The van der Waals surface area contributed by atoms with Crippen LogP contribution in [0.25, 0.3) is 10.9 Å². The van der Waals surface area contributed by atoms with Gasteiger partial charge in [0, 0.05) is 23.2 Å². The molecule has 1 heterocycles. The van der Waals surface area contributed by atoms with Gasteiger partial charge < -0.3 is 5.32 Å². The summed E-state index contributed by atoms with van der Waals surface area (Å²) in [6, 6.07) is 8.00. The number of pyridine rings is 1. The Hall–Kier alpha value is -1.12. The van der Waals surface area contributed by atoms with Crippen molar-refractivity contribution >= 4 is 22.5 Å². The minimum atomic E-state index is 0.778. The largest absolute Gasteiger partial charge is 0.313 e. The first kappa shape index (κ1) is 12.9. The van der Waals surface area contributed by atoms with Crippen molar-refractivity contribution in [1.29, 1.82) is 0 Å². The number of fused-ring (bicyclic) bond motifs is 1. The van der Waals surface area contributed by atoms with Gasteiger partial charge in [-0.15, -0.1) is 0 Å². The summed E-state index contributed by atoms with van der Waals surface area (Å²) in [6.07, 6.45) is 7.39. The van der Waals surface area contributed by atoms with Crippen LogP contribution in [-0.2, 0) is 6.54 Å². The SMILES string of the molecule is Clc1ccc(CNCCCC2CC2)c2ncccc12. The molecule has 0 amide bonds. The molecule has 0 saturated heterocycles. The summed E-state index contributed by atoms with van der Waals surface area (Å²) in [5.74, 6) is 1.03. The van der Waals surface area contributed by atoms with E-state index in [1.165, 1.54) is 31.2 Å². The molecule has 19 heavy (non-hydrogen) atoms. The minimum absolute atomic E-state index is 0.778. The van der Waals surface area contributed by atoms with Gasteiger partial charge in [-0.3, -0.25) is 4.98 Å². The third-order valence-corrected chi connectivity index (χ3v) is 4.11. The maximum absolute atomic E-state index is 6.19. The van der Waals surface area contributed by atoms with Gasteiger partial charge in [-0.1, -0.05) is 30.5 Å². The Kier molecular flexibility index (Phi) is 4.00. The highest BCUT2D eigenvalue weighted by atomic mass is 35.5. The van der Waals surface area contributed by atoms with Crippen molar-refractivity contribution in [3.8, 4) is 0 Å². The molecular weight excluding hydrogens is 256 g/mol. The molecule has 0 aliphatic heterocycles. The molecule has 1 saturated carbocycles. The first-order chi connectivity index (χ1) is 9.34. The summed E-state index contributed by atoms with van der Waals surface area (Å²) in [4.78, 5) is 4.45. The van der Waals surface area contributed by atoms with Crippen LogP contribution >= 0.6 is 11.6 Å². The number of halogens is 1. The highest BCUT2D eigenvalue weighted by Crippen LogP contribution is 2.33. The van der Waals surface area contributed by atoms with E-state index in [1.807, 2.05) is 24.4 Å². The highest BCUT2D eigenvalue weighted by molar-refractivity contribution is 6.35. The summed E-state index contributed by atoms with van der Waals surface area (Å²) in [5, 5.41) is 5.33. The monoisotopic (exact) mass is 274 g/mol. The molecule has 0 spiro atoms. The van der Waals surface area contributed by atoms with Gasteiger partial charge in [-0.2, -0.15) is 0 Å². The number of hydrogen-bond donors (Lipinski definition) is 1. The summed E-state index contributed by atoms with van der Waals surface area (Å²) < 4.78 is 0. The molecule has 100 valence electrons. The molecule has 1 N–H and O–H groups in total. The summed E-state index contributed by atoms with van der Waals surface area (Å²) >= 11 is 6.19. The molecule has 3 heteroatoms. The lowest BCUT2D eigenvalue weighted by molar-refractivity contribution is 0.595. The van der Waals surface area contributed by atoms with E-state index >= 15 is 0 Å². The van der Waals surface area contributed by atoms with Crippen molar-refractivity contribution in [2.45, 2.75) is 32.2 Å². The fraction of sp³-hybridized carbons (Fsp3) is 0.438. The molecule has 1 aliphatic carbocycles. The highest BCUT2D eigenvalue weighted by Gasteiger charge is 2.19. The zero-order chi connectivity index (χ0) is 13.1. The molecule has 0 radical (unpaired) electrons. The number of benzene rings is 1. The zero-order valence-corrected chi connectivity index (χ0v) is 11.8. The van der Waals surface area contributed by atoms with Gasteiger partial charge in [0.2, 0.25) is 0 Å². The van der Waals surface area contributed by atoms with Gasteiger partial charge in [0.1, 0.15) is 0 Å². The first-order valence-corrected chi connectivity index (χ1v) is 7.45. The number of aromatic nitrogens is 1. The molecule has 3 rings (SSSR count). The van der Waals surface area contributed by atoms with Crippen molar-refractivity contribution in [3.63, 3.8) is 0 Å². The van der Waals surface area contributed by atoms with Crippen molar-refractivity contribution < 1.29 is 0 Å². The third-order valence-electron chi connectivity index (χ3n) is 3.78. The van der Waals surface area contributed by atoms with Crippen LogP contribution in [0.2, 0.25) is 5.02 Å². The average Bonchev–Trinajstić information content (AvgIpc) is 3.25. The van der Waals surface area contributed by atoms with Crippen molar-refractivity contribution in [2.75, 3.05) is 6.54 Å². The summed E-state index contributed by atoms with van der Waals surface area (Å²) in [6.45, 7) is 1.96. The van der Waals surface area contributed by atoms with E-state index < -0.39 is 0 Å². The maximum atomic E-state index is 6.19. The van der Waals surface area contributed by atoms with Crippen LogP contribution in [0.1, 0.15) is 31.2 Å². The van der Waals surface area contributed by atoms with Crippen LogP contribution in [0.3, 0.4) is 0 Å². The van der Waals surface area contributed by atoms with E-state index in [2.05, 4.69) is 16.4 Å². The third kappa shape index (κ3) is 3.26. The van der Waals surface area contributed by atoms with Gasteiger partial charge >= 0.3 is 0 Å². The fourth-order valence-corrected chi connectivity index (χ4v) is 2.70. The Morgan fingerprint density at radius 1 is 1.26 bits per heavy atom. The molecule has 2 aromatic rings. The molecule has 0 atom stereocenters. The smallest absolute Gasteiger partial charge is 0.0761 e. The average molecular weight is 275 g/mol. The lowest BCUT2D eigenvalue weighted by atomic mass is 10.1. The molecule has 1 aromatic carbocycles. The second kappa shape index (κ2) is 5.89. The quantitative estimate of drug-likeness (QED) is 0.800. The standard InChI is InChI=1S/C16H19ClN2/c17-15-8-7-13(16-14(15)4-2-10-19-16)11-18-9-1-3-12-5-6-12/h2,4,7-8,10,12,18H,1,3,5-6,9,11H2. The fourth-order valence-electron chi connectivity index (χ4n) is 2.48. The predicted molar refractivity (Wildman–Crippen MR) is 80.4 cm³/mol. The topological polar surface area (TPSA) is 24.9 Å². The van der Waals surface area contributed by atoms with E-state index in [4.69, 9.17) is 11.6 Å². The zero-order valence-electron chi connectivity index (χ0n) is 11.0.